The normalized spacial score (nSPS) is 27.2. The molecule has 1 atom stereocenters. The first-order valence-corrected chi connectivity index (χ1v) is 7.35. The molecule has 3 heterocycles. The van der Waals surface area contributed by atoms with Crippen LogP contribution in [0.25, 0.3) is 0 Å². The van der Waals surface area contributed by atoms with Crippen molar-refractivity contribution in [3.8, 4) is 0 Å². The van der Waals surface area contributed by atoms with Gasteiger partial charge in [-0.15, -0.1) is 0 Å². The van der Waals surface area contributed by atoms with Crippen LogP contribution in [0, 0.1) is 6.92 Å². The van der Waals surface area contributed by atoms with Crippen LogP contribution in [-0.4, -0.2) is 53.2 Å². The molecule has 106 valence electrons. The molecule has 2 aliphatic rings. The van der Waals surface area contributed by atoms with E-state index in [-0.39, 0.29) is 0 Å². The Balaban J connectivity index is 1.50. The van der Waals surface area contributed by atoms with Gasteiger partial charge in [-0.25, -0.2) is 0 Å². The summed E-state index contributed by atoms with van der Waals surface area (Å²) in [6.07, 6.45) is 3.57. The minimum Gasteiger partial charge on any atom is -0.360 e. The van der Waals surface area contributed by atoms with E-state index in [1.54, 1.807) is 0 Å². The second-order valence-electron chi connectivity index (χ2n) is 5.99. The second kappa shape index (κ2) is 5.61. The van der Waals surface area contributed by atoms with Crippen molar-refractivity contribution in [3.05, 3.63) is 17.5 Å². The number of nitrogens with two attached hydrogens (primary N) is 1. The third kappa shape index (κ3) is 3.16. The predicted octanol–water partition coefficient (Wildman–Crippen LogP) is 0.980. The monoisotopic (exact) mass is 264 g/mol. The highest BCUT2D eigenvalue weighted by molar-refractivity contribution is 5.03. The van der Waals surface area contributed by atoms with E-state index < -0.39 is 0 Å². The lowest BCUT2D eigenvalue weighted by atomic mass is 10.0. The first kappa shape index (κ1) is 13.1. The second-order valence-corrected chi connectivity index (χ2v) is 5.99. The van der Waals surface area contributed by atoms with Gasteiger partial charge in [0.25, 0.3) is 0 Å². The van der Waals surface area contributed by atoms with E-state index in [1.165, 1.54) is 19.5 Å². The van der Waals surface area contributed by atoms with Crippen LogP contribution < -0.4 is 5.73 Å². The van der Waals surface area contributed by atoms with E-state index in [9.17, 15) is 0 Å². The summed E-state index contributed by atoms with van der Waals surface area (Å²) in [6, 6.07) is 3.16. The molecule has 2 fully saturated rings. The zero-order valence-electron chi connectivity index (χ0n) is 11.7. The van der Waals surface area contributed by atoms with Gasteiger partial charge in [-0.2, -0.15) is 0 Å². The molecule has 0 amide bonds. The van der Waals surface area contributed by atoms with Crippen LogP contribution in [0.2, 0.25) is 0 Å². The van der Waals surface area contributed by atoms with E-state index in [2.05, 4.69) is 15.0 Å². The molecule has 1 aromatic heterocycles. The summed E-state index contributed by atoms with van der Waals surface area (Å²) in [5.41, 5.74) is 6.94. The maximum atomic E-state index is 5.97. The molecule has 0 aliphatic carbocycles. The minimum atomic E-state index is 0.422. The smallest absolute Gasteiger partial charge is 0.150 e. The molecule has 0 aromatic carbocycles. The molecule has 3 rings (SSSR count). The van der Waals surface area contributed by atoms with Crippen molar-refractivity contribution < 1.29 is 4.52 Å². The third-order valence-corrected chi connectivity index (χ3v) is 4.39. The first-order valence-electron chi connectivity index (χ1n) is 7.35. The number of piperidine rings is 1. The quantitative estimate of drug-likeness (QED) is 0.882. The molecule has 2 saturated heterocycles. The molecule has 0 radical (unpaired) electrons. The molecule has 1 unspecified atom stereocenters. The number of hydrogen-bond acceptors (Lipinski definition) is 5. The molecule has 19 heavy (non-hydrogen) atoms. The van der Waals surface area contributed by atoms with Crippen molar-refractivity contribution in [3.63, 3.8) is 0 Å². The maximum absolute atomic E-state index is 5.97. The number of hydrogen-bond donors (Lipinski definition) is 1. The standard InChI is InChI=1S/C14H24N4O/c1-11-8-14(19-16-11)10-17-5-4-13(9-17)18-6-2-12(15)3-7-18/h8,12-13H,2-7,9-10,15H2,1H3. The van der Waals surface area contributed by atoms with Gasteiger partial charge in [0.15, 0.2) is 5.76 Å². The number of rotatable bonds is 3. The van der Waals surface area contributed by atoms with Crippen molar-refractivity contribution in [2.24, 2.45) is 5.73 Å². The number of aromatic nitrogens is 1. The Morgan fingerprint density at radius 3 is 2.79 bits per heavy atom. The highest BCUT2D eigenvalue weighted by atomic mass is 16.5. The van der Waals surface area contributed by atoms with E-state index in [4.69, 9.17) is 10.3 Å². The van der Waals surface area contributed by atoms with Crippen molar-refractivity contribution in [2.75, 3.05) is 26.2 Å². The van der Waals surface area contributed by atoms with E-state index in [1.807, 2.05) is 13.0 Å². The van der Waals surface area contributed by atoms with Crippen molar-refractivity contribution in [2.45, 2.75) is 44.8 Å². The van der Waals surface area contributed by atoms with Crippen LogP contribution >= 0.6 is 0 Å². The van der Waals surface area contributed by atoms with Gasteiger partial charge in [0.05, 0.1) is 12.2 Å². The lowest BCUT2D eigenvalue weighted by Gasteiger charge is -2.34. The summed E-state index contributed by atoms with van der Waals surface area (Å²) in [5, 5.41) is 3.95. The largest absolute Gasteiger partial charge is 0.360 e. The lowest BCUT2D eigenvalue weighted by molar-refractivity contribution is 0.149. The van der Waals surface area contributed by atoms with Crippen LogP contribution in [0.5, 0.6) is 0 Å². The SMILES string of the molecule is Cc1cc(CN2CCC(N3CCC(N)CC3)C2)on1. The van der Waals surface area contributed by atoms with Gasteiger partial charge < -0.3 is 10.3 Å². The van der Waals surface area contributed by atoms with E-state index in [0.717, 1.165) is 43.9 Å². The Bertz CT molecular complexity index is 411. The van der Waals surface area contributed by atoms with Gasteiger partial charge in [-0.05, 0) is 39.3 Å². The van der Waals surface area contributed by atoms with E-state index >= 15 is 0 Å². The molecule has 2 aliphatic heterocycles. The molecule has 0 bridgehead atoms. The average Bonchev–Trinajstić information content (AvgIpc) is 3.00. The van der Waals surface area contributed by atoms with Gasteiger partial charge in [0, 0.05) is 31.2 Å². The highest BCUT2D eigenvalue weighted by Crippen LogP contribution is 2.21. The van der Waals surface area contributed by atoms with Crippen molar-refractivity contribution in [1.29, 1.82) is 0 Å². The van der Waals surface area contributed by atoms with Crippen LogP contribution in [-0.2, 0) is 6.54 Å². The molecule has 0 saturated carbocycles. The van der Waals surface area contributed by atoms with E-state index in [0.29, 0.717) is 12.1 Å². The maximum Gasteiger partial charge on any atom is 0.150 e. The summed E-state index contributed by atoms with van der Waals surface area (Å²) in [7, 11) is 0. The fourth-order valence-electron chi connectivity index (χ4n) is 3.25. The molecule has 5 heteroatoms. The van der Waals surface area contributed by atoms with Crippen molar-refractivity contribution >= 4 is 0 Å². The molecular weight excluding hydrogens is 240 g/mol. The van der Waals surface area contributed by atoms with Gasteiger partial charge in [0.1, 0.15) is 0 Å². The Labute approximate surface area is 114 Å². The molecular formula is C14H24N4O. The zero-order chi connectivity index (χ0) is 13.2. The lowest BCUT2D eigenvalue weighted by Crippen LogP contribution is -2.46. The number of likely N-dealkylation sites (tertiary alicyclic amines) is 2. The Hall–Kier alpha value is -0.910. The summed E-state index contributed by atoms with van der Waals surface area (Å²) in [6.45, 7) is 7.51. The van der Waals surface area contributed by atoms with Gasteiger partial charge in [-0.1, -0.05) is 5.16 Å². The Morgan fingerprint density at radius 1 is 1.32 bits per heavy atom. The molecule has 0 spiro atoms. The van der Waals surface area contributed by atoms with Crippen LogP contribution in [0.4, 0.5) is 0 Å². The summed E-state index contributed by atoms with van der Waals surface area (Å²) in [5.74, 6) is 0.985. The number of nitrogens with zero attached hydrogens (tertiary/aromatic N) is 3. The van der Waals surface area contributed by atoms with Crippen molar-refractivity contribution in [1.82, 2.24) is 15.0 Å². The molecule has 5 nitrogen and oxygen atoms in total. The van der Waals surface area contributed by atoms with Crippen LogP contribution in [0.3, 0.4) is 0 Å². The zero-order valence-corrected chi connectivity index (χ0v) is 11.7. The topological polar surface area (TPSA) is 58.5 Å². The summed E-state index contributed by atoms with van der Waals surface area (Å²) < 4.78 is 5.30. The van der Waals surface area contributed by atoms with Gasteiger partial charge >= 0.3 is 0 Å². The summed E-state index contributed by atoms with van der Waals surface area (Å²) in [4.78, 5) is 5.09. The Morgan fingerprint density at radius 2 is 2.11 bits per heavy atom. The third-order valence-electron chi connectivity index (χ3n) is 4.39. The summed E-state index contributed by atoms with van der Waals surface area (Å²) >= 11 is 0. The number of aryl methyl sites for hydroxylation is 1. The fourth-order valence-corrected chi connectivity index (χ4v) is 3.25. The van der Waals surface area contributed by atoms with Gasteiger partial charge in [0.2, 0.25) is 0 Å². The molecule has 2 N–H and O–H groups in total. The van der Waals surface area contributed by atoms with Gasteiger partial charge in [-0.3, -0.25) is 9.80 Å². The van der Waals surface area contributed by atoms with Crippen LogP contribution in [0.15, 0.2) is 10.6 Å². The minimum absolute atomic E-state index is 0.422. The fraction of sp³-hybridized carbons (Fsp3) is 0.786. The highest BCUT2D eigenvalue weighted by Gasteiger charge is 2.30. The average molecular weight is 264 g/mol. The van der Waals surface area contributed by atoms with Crippen LogP contribution in [0.1, 0.15) is 30.7 Å². The predicted molar refractivity (Wildman–Crippen MR) is 73.7 cm³/mol. The molecule has 1 aromatic rings. The first-order chi connectivity index (χ1) is 9.20. The Kier molecular flexibility index (Phi) is 3.86.